The van der Waals surface area contributed by atoms with Crippen LogP contribution in [0.2, 0.25) is 0 Å². The fourth-order valence-corrected chi connectivity index (χ4v) is 2.95. The van der Waals surface area contributed by atoms with E-state index in [-0.39, 0.29) is 11.8 Å². The molecule has 1 aromatic carbocycles. The number of benzene rings is 1. The van der Waals surface area contributed by atoms with Crippen LogP contribution in [0.3, 0.4) is 0 Å². The first-order valence-electron chi connectivity index (χ1n) is 6.44. The van der Waals surface area contributed by atoms with Crippen LogP contribution in [0.15, 0.2) is 53.0 Å². The summed E-state index contributed by atoms with van der Waals surface area (Å²) >= 11 is 1.74. The summed E-state index contributed by atoms with van der Waals surface area (Å²) < 4.78 is 0. The number of nitrogens with zero attached hydrogens (tertiary/aromatic N) is 2. The molecule has 20 heavy (non-hydrogen) atoms. The molecule has 0 spiro atoms. The van der Waals surface area contributed by atoms with Crippen LogP contribution in [0, 0.1) is 0 Å². The Labute approximate surface area is 123 Å². The molecule has 0 aliphatic carbocycles. The third-order valence-corrected chi connectivity index (χ3v) is 4.04. The van der Waals surface area contributed by atoms with Gasteiger partial charge in [0.1, 0.15) is 5.84 Å². The van der Waals surface area contributed by atoms with Crippen LogP contribution in [0.4, 0.5) is 0 Å². The van der Waals surface area contributed by atoms with E-state index in [1.807, 2.05) is 43.4 Å². The lowest BCUT2D eigenvalue weighted by atomic mass is 9.97. The Bertz CT molecular complexity index is 540. The van der Waals surface area contributed by atoms with Crippen LogP contribution in [0.5, 0.6) is 0 Å². The maximum absolute atomic E-state index is 8.98. The highest BCUT2D eigenvalue weighted by Gasteiger charge is 2.18. The van der Waals surface area contributed by atoms with Gasteiger partial charge in [0, 0.05) is 18.0 Å². The van der Waals surface area contributed by atoms with Gasteiger partial charge in [0.25, 0.3) is 0 Å². The number of thiophene rings is 1. The van der Waals surface area contributed by atoms with Gasteiger partial charge in [0.2, 0.25) is 0 Å². The molecule has 2 rings (SSSR count). The summed E-state index contributed by atoms with van der Waals surface area (Å²) in [6.07, 6.45) is 0. The minimum absolute atomic E-state index is 0.105. The highest BCUT2D eigenvalue weighted by Crippen LogP contribution is 2.19. The number of nitrogens with two attached hydrogens (primary N) is 1. The first-order chi connectivity index (χ1) is 9.70. The lowest BCUT2D eigenvalue weighted by Gasteiger charge is -2.23. The van der Waals surface area contributed by atoms with E-state index in [0.29, 0.717) is 6.54 Å². The average molecular weight is 289 g/mol. The summed E-state index contributed by atoms with van der Waals surface area (Å²) in [5.41, 5.74) is 6.90. The van der Waals surface area contributed by atoms with Crippen molar-refractivity contribution in [3.8, 4) is 0 Å². The zero-order valence-corrected chi connectivity index (χ0v) is 12.3. The molecule has 106 valence electrons. The third-order valence-electron chi connectivity index (χ3n) is 3.17. The molecule has 3 N–H and O–H groups in total. The van der Waals surface area contributed by atoms with Gasteiger partial charge >= 0.3 is 0 Å². The number of hydrogen-bond donors (Lipinski definition) is 2. The molecule has 0 saturated heterocycles. The normalized spacial score (nSPS) is 13.6. The monoisotopic (exact) mass is 289 g/mol. The highest BCUT2D eigenvalue weighted by molar-refractivity contribution is 7.09. The second-order valence-corrected chi connectivity index (χ2v) is 5.80. The molecule has 0 saturated carbocycles. The Kier molecular flexibility index (Phi) is 5.15. The molecule has 1 aromatic heterocycles. The van der Waals surface area contributed by atoms with Gasteiger partial charge in [0.15, 0.2) is 0 Å². The zero-order valence-electron chi connectivity index (χ0n) is 11.4. The van der Waals surface area contributed by atoms with Crippen molar-refractivity contribution in [1.29, 1.82) is 0 Å². The van der Waals surface area contributed by atoms with E-state index in [1.165, 1.54) is 4.88 Å². The smallest absolute Gasteiger partial charge is 0.147 e. The van der Waals surface area contributed by atoms with Crippen molar-refractivity contribution in [2.75, 3.05) is 13.6 Å². The SMILES string of the molecule is CN(Cc1cccs1)CC(C(N)=NO)c1ccccc1. The molecule has 1 heterocycles. The summed E-state index contributed by atoms with van der Waals surface area (Å²) in [7, 11) is 2.04. The Morgan fingerprint density at radius 1 is 1.30 bits per heavy atom. The molecule has 1 unspecified atom stereocenters. The van der Waals surface area contributed by atoms with Crippen LogP contribution in [0.1, 0.15) is 16.4 Å². The summed E-state index contributed by atoms with van der Waals surface area (Å²) in [5, 5.41) is 14.2. The molecule has 2 aromatic rings. The third kappa shape index (κ3) is 3.82. The number of oxime groups is 1. The molecule has 0 aliphatic heterocycles. The van der Waals surface area contributed by atoms with Crippen molar-refractivity contribution in [1.82, 2.24) is 4.90 Å². The summed E-state index contributed by atoms with van der Waals surface area (Å²) in [6.45, 7) is 1.57. The number of hydrogen-bond acceptors (Lipinski definition) is 4. The summed E-state index contributed by atoms with van der Waals surface area (Å²) in [4.78, 5) is 3.49. The topological polar surface area (TPSA) is 61.8 Å². The first-order valence-corrected chi connectivity index (χ1v) is 7.32. The van der Waals surface area contributed by atoms with E-state index in [2.05, 4.69) is 21.5 Å². The summed E-state index contributed by atoms with van der Waals surface area (Å²) in [5.74, 6) is 0.139. The maximum atomic E-state index is 8.98. The van der Waals surface area contributed by atoms with E-state index in [0.717, 1.165) is 12.1 Å². The van der Waals surface area contributed by atoms with E-state index >= 15 is 0 Å². The van der Waals surface area contributed by atoms with Gasteiger partial charge in [-0.2, -0.15) is 0 Å². The number of amidine groups is 1. The first kappa shape index (κ1) is 14.6. The fourth-order valence-electron chi connectivity index (χ4n) is 2.17. The molecule has 1 atom stereocenters. The minimum Gasteiger partial charge on any atom is -0.409 e. The second kappa shape index (κ2) is 7.07. The van der Waals surface area contributed by atoms with Gasteiger partial charge in [-0.25, -0.2) is 0 Å². The van der Waals surface area contributed by atoms with Gasteiger partial charge in [0.05, 0.1) is 5.92 Å². The highest BCUT2D eigenvalue weighted by atomic mass is 32.1. The Morgan fingerprint density at radius 3 is 2.65 bits per heavy atom. The van der Waals surface area contributed by atoms with Gasteiger partial charge in [-0.1, -0.05) is 41.6 Å². The molecule has 0 radical (unpaired) electrons. The van der Waals surface area contributed by atoms with Crippen LogP contribution in [-0.2, 0) is 6.54 Å². The molecular formula is C15H19N3OS. The van der Waals surface area contributed by atoms with Crippen LogP contribution >= 0.6 is 11.3 Å². The molecule has 4 nitrogen and oxygen atoms in total. The largest absolute Gasteiger partial charge is 0.409 e. The molecule has 0 bridgehead atoms. The van der Waals surface area contributed by atoms with Gasteiger partial charge in [-0.3, -0.25) is 0 Å². The van der Waals surface area contributed by atoms with Crippen molar-refractivity contribution in [3.63, 3.8) is 0 Å². The van der Waals surface area contributed by atoms with Gasteiger partial charge in [-0.05, 0) is 24.1 Å². The molecular weight excluding hydrogens is 270 g/mol. The average Bonchev–Trinajstić information content (AvgIpc) is 2.97. The van der Waals surface area contributed by atoms with Crippen LogP contribution < -0.4 is 5.73 Å². The second-order valence-electron chi connectivity index (χ2n) is 4.76. The van der Waals surface area contributed by atoms with E-state index < -0.39 is 0 Å². The van der Waals surface area contributed by atoms with E-state index in [9.17, 15) is 0 Å². The van der Waals surface area contributed by atoms with E-state index in [4.69, 9.17) is 10.9 Å². The van der Waals surface area contributed by atoms with Gasteiger partial charge < -0.3 is 15.8 Å². The van der Waals surface area contributed by atoms with Crippen molar-refractivity contribution in [3.05, 3.63) is 58.3 Å². The van der Waals surface area contributed by atoms with Crippen LogP contribution in [-0.4, -0.2) is 29.5 Å². The molecule has 0 fully saturated rings. The zero-order chi connectivity index (χ0) is 14.4. The Morgan fingerprint density at radius 2 is 2.05 bits per heavy atom. The number of rotatable bonds is 6. The standard InChI is InChI=1S/C15H19N3OS/c1-18(10-13-8-5-9-20-13)11-14(15(16)17-19)12-6-3-2-4-7-12/h2-9,14,19H,10-11H2,1H3,(H2,16,17). The van der Waals surface area contributed by atoms with Gasteiger partial charge in [-0.15, -0.1) is 11.3 Å². The van der Waals surface area contributed by atoms with Crippen molar-refractivity contribution < 1.29 is 5.21 Å². The maximum Gasteiger partial charge on any atom is 0.147 e. The van der Waals surface area contributed by atoms with Crippen molar-refractivity contribution >= 4 is 17.2 Å². The lowest BCUT2D eigenvalue weighted by molar-refractivity contribution is 0.303. The molecule has 5 heteroatoms. The van der Waals surface area contributed by atoms with Crippen molar-refractivity contribution in [2.45, 2.75) is 12.5 Å². The predicted octanol–water partition coefficient (Wildman–Crippen LogP) is 2.71. The quantitative estimate of drug-likeness (QED) is 0.372. The van der Waals surface area contributed by atoms with Crippen molar-refractivity contribution in [2.24, 2.45) is 10.9 Å². The number of likely N-dealkylation sites (N-methyl/N-ethyl adjacent to an activating group) is 1. The summed E-state index contributed by atoms with van der Waals surface area (Å²) in [6, 6.07) is 14.1. The molecule has 0 amide bonds. The Balaban J connectivity index is 2.08. The Hall–Kier alpha value is -1.85. The van der Waals surface area contributed by atoms with Crippen LogP contribution in [0.25, 0.3) is 0 Å². The predicted molar refractivity (Wildman–Crippen MR) is 83.2 cm³/mol. The fraction of sp³-hybridized carbons (Fsp3) is 0.267. The minimum atomic E-state index is -0.105. The lowest BCUT2D eigenvalue weighted by Crippen LogP contribution is -2.32. The molecule has 0 aliphatic rings. The van der Waals surface area contributed by atoms with E-state index in [1.54, 1.807) is 11.3 Å².